The van der Waals surface area contributed by atoms with Crippen molar-refractivity contribution in [2.75, 3.05) is 5.73 Å². The van der Waals surface area contributed by atoms with E-state index in [0.29, 0.717) is 0 Å². The summed E-state index contributed by atoms with van der Waals surface area (Å²) in [5.74, 6) is -1.88. The van der Waals surface area contributed by atoms with Gasteiger partial charge < -0.3 is 5.73 Å². The van der Waals surface area contributed by atoms with Crippen LogP contribution < -0.4 is 5.73 Å². The molecule has 0 unspecified atom stereocenters. The van der Waals surface area contributed by atoms with Crippen molar-refractivity contribution in [2.24, 2.45) is 0 Å². The van der Waals surface area contributed by atoms with Gasteiger partial charge in [0, 0.05) is 17.2 Å². The van der Waals surface area contributed by atoms with Crippen molar-refractivity contribution in [3.8, 4) is 22.4 Å². The molecule has 0 aliphatic rings. The fraction of sp³-hybridized carbons (Fsp3) is 0. The van der Waals surface area contributed by atoms with Crippen LogP contribution in [-0.2, 0) is 0 Å². The molecule has 6 heteroatoms. The summed E-state index contributed by atoms with van der Waals surface area (Å²) < 4.78 is 41.3. The number of halogens is 3. The van der Waals surface area contributed by atoms with Crippen LogP contribution >= 0.6 is 0 Å². The van der Waals surface area contributed by atoms with Gasteiger partial charge in [-0.05, 0) is 23.8 Å². The van der Waals surface area contributed by atoms with E-state index in [1.165, 1.54) is 36.7 Å². The van der Waals surface area contributed by atoms with Gasteiger partial charge in [0.15, 0.2) is 0 Å². The minimum Gasteiger partial charge on any atom is -0.382 e. The molecule has 3 rings (SSSR count). The number of hydrogen-bond acceptors (Lipinski definition) is 3. The molecule has 0 atom stereocenters. The van der Waals surface area contributed by atoms with Crippen molar-refractivity contribution < 1.29 is 13.2 Å². The first kappa shape index (κ1) is 14.1. The monoisotopic (exact) mass is 301 g/mol. The standard InChI is InChI=1S/C16H10F3N3/c17-9-4-5-10(13(19)6-9)11-2-1-3-12(18)16(11)14-7-22-15(20)8-21-14/h1-8H,(H2,20,22). The highest BCUT2D eigenvalue weighted by atomic mass is 19.1. The average Bonchev–Trinajstić information content (AvgIpc) is 2.48. The molecule has 1 heterocycles. The van der Waals surface area contributed by atoms with Gasteiger partial charge in [-0.15, -0.1) is 0 Å². The Bertz CT molecular complexity index is 833. The molecular formula is C16H10F3N3. The number of nitrogens with two attached hydrogens (primary N) is 1. The normalized spacial score (nSPS) is 10.7. The zero-order valence-electron chi connectivity index (χ0n) is 11.2. The summed E-state index contributed by atoms with van der Waals surface area (Å²) in [7, 11) is 0. The maximum Gasteiger partial charge on any atom is 0.141 e. The predicted molar refractivity (Wildman–Crippen MR) is 77.2 cm³/mol. The van der Waals surface area contributed by atoms with E-state index in [2.05, 4.69) is 9.97 Å². The smallest absolute Gasteiger partial charge is 0.141 e. The summed E-state index contributed by atoms with van der Waals surface area (Å²) in [5.41, 5.74) is 6.10. The summed E-state index contributed by atoms with van der Waals surface area (Å²) in [5, 5.41) is 0. The maximum absolute atomic E-state index is 14.2. The second-order valence-corrected chi connectivity index (χ2v) is 4.61. The fourth-order valence-electron chi connectivity index (χ4n) is 2.18. The Balaban J connectivity index is 2.25. The van der Waals surface area contributed by atoms with Gasteiger partial charge in [0.2, 0.25) is 0 Å². The third-order valence-electron chi connectivity index (χ3n) is 3.16. The quantitative estimate of drug-likeness (QED) is 0.783. The number of nitrogens with zero attached hydrogens (tertiary/aromatic N) is 2. The van der Waals surface area contributed by atoms with E-state index in [-0.39, 0.29) is 28.2 Å². The van der Waals surface area contributed by atoms with Crippen molar-refractivity contribution in [1.29, 1.82) is 0 Å². The lowest BCUT2D eigenvalue weighted by atomic mass is 9.97. The summed E-state index contributed by atoms with van der Waals surface area (Å²) in [6, 6.07) is 7.33. The molecule has 2 N–H and O–H groups in total. The van der Waals surface area contributed by atoms with Crippen molar-refractivity contribution in [3.05, 3.63) is 66.2 Å². The third kappa shape index (κ3) is 2.50. The van der Waals surface area contributed by atoms with E-state index < -0.39 is 17.5 Å². The molecule has 2 aromatic carbocycles. The first-order valence-corrected chi connectivity index (χ1v) is 6.38. The first-order chi connectivity index (χ1) is 10.6. The minimum absolute atomic E-state index is 0.0783. The number of nitrogen functional groups attached to an aromatic ring is 1. The van der Waals surface area contributed by atoms with Crippen LogP contribution in [0.1, 0.15) is 0 Å². The van der Waals surface area contributed by atoms with Crippen molar-refractivity contribution in [1.82, 2.24) is 9.97 Å². The lowest BCUT2D eigenvalue weighted by Gasteiger charge is -2.11. The van der Waals surface area contributed by atoms with Crippen LogP contribution in [0.3, 0.4) is 0 Å². The van der Waals surface area contributed by atoms with Crippen LogP contribution in [-0.4, -0.2) is 9.97 Å². The molecule has 0 amide bonds. The Morgan fingerprint density at radius 1 is 0.818 bits per heavy atom. The molecule has 0 radical (unpaired) electrons. The van der Waals surface area contributed by atoms with E-state index in [9.17, 15) is 13.2 Å². The molecule has 0 saturated heterocycles. The van der Waals surface area contributed by atoms with Gasteiger partial charge in [0.1, 0.15) is 23.3 Å². The average molecular weight is 301 g/mol. The second kappa shape index (κ2) is 5.48. The molecule has 3 aromatic rings. The Kier molecular flexibility index (Phi) is 3.50. The van der Waals surface area contributed by atoms with Crippen LogP contribution in [0.25, 0.3) is 22.4 Å². The van der Waals surface area contributed by atoms with E-state index >= 15 is 0 Å². The van der Waals surface area contributed by atoms with E-state index in [1.54, 1.807) is 0 Å². The molecule has 3 nitrogen and oxygen atoms in total. The topological polar surface area (TPSA) is 51.8 Å². The highest BCUT2D eigenvalue weighted by molar-refractivity contribution is 5.82. The zero-order chi connectivity index (χ0) is 15.7. The van der Waals surface area contributed by atoms with Crippen molar-refractivity contribution in [3.63, 3.8) is 0 Å². The van der Waals surface area contributed by atoms with Crippen molar-refractivity contribution >= 4 is 5.82 Å². The third-order valence-corrected chi connectivity index (χ3v) is 3.16. The van der Waals surface area contributed by atoms with Gasteiger partial charge >= 0.3 is 0 Å². The van der Waals surface area contributed by atoms with Crippen LogP contribution in [0.4, 0.5) is 19.0 Å². The van der Waals surface area contributed by atoms with Crippen molar-refractivity contribution in [2.45, 2.75) is 0 Å². The molecule has 0 aliphatic heterocycles. The van der Waals surface area contributed by atoms with Gasteiger partial charge in [0.05, 0.1) is 18.1 Å². The molecule has 1 aromatic heterocycles. The van der Waals surface area contributed by atoms with E-state index in [1.807, 2.05) is 0 Å². The molecule has 0 spiro atoms. The van der Waals surface area contributed by atoms with Gasteiger partial charge in [-0.2, -0.15) is 0 Å². The second-order valence-electron chi connectivity index (χ2n) is 4.61. The van der Waals surface area contributed by atoms with Gasteiger partial charge in [-0.3, -0.25) is 4.98 Å². The predicted octanol–water partition coefficient (Wildman–Crippen LogP) is 3.81. The van der Waals surface area contributed by atoms with Crippen LogP contribution in [0.2, 0.25) is 0 Å². The number of rotatable bonds is 2. The molecule has 0 aliphatic carbocycles. The summed E-state index contributed by atoms with van der Waals surface area (Å²) in [4.78, 5) is 7.88. The molecular weight excluding hydrogens is 291 g/mol. The highest BCUT2D eigenvalue weighted by Crippen LogP contribution is 2.34. The molecule has 0 fully saturated rings. The summed E-state index contributed by atoms with van der Waals surface area (Å²) in [6.07, 6.45) is 2.59. The van der Waals surface area contributed by atoms with Crippen LogP contribution in [0.5, 0.6) is 0 Å². The maximum atomic E-state index is 14.2. The number of benzene rings is 2. The number of anilines is 1. The Hall–Kier alpha value is -2.89. The number of hydrogen-bond donors (Lipinski definition) is 1. The van der Waals surface area contributed by atoms with E-state index in [0.717, 1.165) is 12.1 Å². The fourth-order valence-corrected chi connectivity index (χ4v) is 2.18. The molecule has 0 bridgehead atoms. The largest absolute Gasteiger partial charge is 0.382 e. The Morgan fingerprint density at radius 2 is 1.64 bits per heavy atom. The van der Waals surface area contributed by atoms with Gasteiger partial charge in [-0.25, -0.2) is 18.2 Å². The van der Waals surface area contributed by atoms with Gasteiger partial charge in [0.25, 0.3) is 0 Å². The highest BCUT2D eigenvalue weighted by Gasteiger charge is 2.17. The lowest BCUT2D eigenvalue weighted by Crippen LogP contribution is -1.97. The lowest BCUT2D eigenvalue weighted by molar-refractivity contribution is 0.585. The first-order valence-electron chi connectivity index (χ1n) is 6.38. The Labute approximate surface area is 124 Å². The SMILES string of the molecule is Nc1cnc(-c2c(F)cccc2-c2ccc(F)cc2F)cn1. The van der Waals surface area contributed by atoms with Gasteiger partial charge in [-0.1, -0.05) is 12.1 Å². The Morgan fingerprint density at radius 3 is 2.32 bits per heavy atom. The van der Waals surface area contributed by atoms with Crippen LogP contribution in [0, 0.1) is 17.5 Å². The summed E-state index contributed by atoms with van der Waals surface area (Å²) in [6.45, 7) is 0. The van der Waals surface area contributed by atoms with Crippen LogP contribution in [0.15, 0.2) is 48.8 Å². The zero-order valence-corrected chi connectivity index (χ0v) is 11.2. The molecule has 0 saturated carbocycles. The van der Waals surface area contributed by atoms with E-state index in [4.69, 9.17) is 5.73 Å². The molecule has 22 heavy (non-hydrogen) atoms. The minimum atomic E-state index is -0.782. The molecule has 110 valence electrons. The number of aromatic nitrogens is 2. The summed E-state index contributed by atoms with van der Waals surface area (Å²) >= 11 is 0.